The van der Waals surface area contributed by atoms with E-state index in [0.29, 0.717) is 21.7 Å². The summed E-state index contributed by atoms with van der Waals surface area (Å²) < 4.78 is 10.6. The summed E-state index contributed by atoms with van der Waals surface area (Å²) in [5.74, 6) is 0.908. The van der Waals surface area contributed by atoms with Crippen molar-refractivity contribution in [1.29, 1.82) is 0 Å². The highest BCUT2D eigenvalue weighted by Gasteiger charge is 2.23. The van der Waals surface area contributed by atoms with Gasteiger partial charge in [-0.2, -0.15) is 0 Å². The highest BCUT2D eigenvalue weighted by molar-refractivity contribution is 7.21. The van der Waals surface area contributed by atoms with Crippen molar-refractivity contribution in [2.75, 3.05) is 25.3 Å². The molecule has 0 aliphatic rings. The number of rotatable bonds is 7. The maximum Gasteiger partial charge on any atom is 0.289 e. The number of nitro groups is 1. The van der Waals surface area contributed by atoms with E-state index in [0.717, 1.165) is 33.8 Å². The van der Waals surface area contributed by atoms with E-state index in [1.165, 1.54) is 18.2 Å². The van der Waals surface area contributed by atoms with Gasteiger partial charge in [0.2, 0.25) is 0 Å². The minimum absolute atomic E-state index is 0.0289. The Bertz CT molecular complexity index is 1720. The van der Waals surface area contributed by atoms with Crippen LogP contribution in [-0.2, 0) is 0 Å². The Hall–Kier alpha value is -4.67. The van der Waals surface area contributed by atoms with Gasteiger partial charge in [-0.25, -0.2) is 4.98 Å². The normalized spacial score (nSPS) is 10.8. The number of hydrogen-bond donors (Lipinski definition) is 2. The van der Waals surface area contributed by atoms with Crippen LogP contribution < -0.4 is 20.5 Å². The molecule has 5 aromatic rings. The first-order valence-electron chi connectivity index (χ1n) is 11.6. The number of nitrogen functional groups attached to an aromatic ring is 1. The van der Waals surface area contributed by atoms with Gasteiger partial charge in [0.15, 0.2) is 0 Å². The van der Waals surface area contributed by atoms with Crippen molar-refractivity contribution in [2.45, 2.75) is 0 Å². The summed E-state index contributed by atoms with van der Waals surface area (Å²) in [5, 5.41) is 14.6. The topological polar surface area (TPSA) is 130 Å². The summed E-state index contributed by atoms with van der Waals surface area (Å²) in [6, 6.07) is 21.0. The fraction of sp³-hybridized carbons (Fsp3) is 0.0714. The lowest BCUT2D eigenvalue weighted by Gasteiger charge is -2.10. The number of benzene rings is 3. The minimum Gasteiger partial charge on any atom is -0.497 e. The van der Waals surface area contributed by atoms with Gasteiger partial charge in [0.1, 0.15) is 26.2 Å². The number of carbonyl (C=O) groups excluding carboxylic acids is 1. The second-order valence-corrected chi connectivity index (χ2v) is 9.82. The number of thiophene rings is 1. The van der Waals surface area contributed by atoms with E-state index >= 15 is 0 Å². The third-order valence-corrected chi connectivity index (χ3v) is 7.51. The molecule has 0 radical (unpaired) electrons. The molecule has 3 N–H and O–H groups in total. The molecule has 0 saturated heterocycles. The molecule has 2 heterocycles. The van der Waals surface area contributed by atoms with Crippen molar-refractivity contribution in [2.24, 2.45) is 0 Å². The van der Waals surface area contributed by atoms with E-state index in [2.05, 4.69) is 5.32 Å². The number of ether oxygens (including phenoxy) is 2. The number of anilines is 2. The number of aromatic nitrogens is 1. The standard InChI is InChI=1S/C28H21ClN4O5S/c1-37-18-8-3-15(4-9-18)20-14-22(16-5-10-19(38-2)11-6-16)32-28-24(20)25(30)26(39-28)27(34)31-17-7-12-21(29)23(13-17)33(35)36/h3-14H,30H2,1-2H3,(H,31,34). The van der Waals surface area contributed by atoms with Crippen LogP contribution in [0.5, 0.6) is 11.5 Å². The lowest BCUT2D eigenvalue weighted by atomic mass is 9.99. The average molecular weight is 561 g/mol. The van der Waals surface area contributed by atoms with Gasteiger partial charge in [-0.05, 0) is 65.7 Å². The zero-order chi connectivity index (χ0) is 27.7. The summed E-state index contributed by atoms with van der Waals surface area (Å²) in [5.41, 5.74) is 9.93. The van der Waals surface area contributed by atoms with Crippen LogP contribution >= 0.6 is 22.9 Å². The van der Waals surface area contributed by atoms with Crippen molar-refractivity contribution >= 4 is 56.1 Å². The van der Waals surface area contributed by atoms with Gasteiger partial charge in [-0.1, -0.05) is 23.7 Å². The summed E-state index contributed by atoms with van der Waals surface area (Å²) in [6.45, 7) is 0. The molecule has 3 aromatic carbocycles. The SMILES string of the molecule is COc1ccc(-c2cc(-c3ccc(OC)cc3)c3c(N)c(C(=O)Nc4ccc(Cl)c([N+](=O)[O-])c4)sc3n2)cc1. The van der Waals surface area contributed by atoms with Crippen LogP contribution in [0.25, 0.3) is 32.6 Å². The molecule has 2 aromatic heterocycles. The van der Waals surface area contributed by atoms with Crippen molar-refractivity contribution in [3.8, 4) is 33.9 Å². The first-order chi connectivity index (χ1) is 18.8. The molecular formula is C28H21ClN4O5S. The Kier molecular flexibility index (Phi) is 7.05. The van der Waals surface area contributed by atoms with Gasteiger partial charge in [-0.15, -0.1) is 11.3 Å². The predicted molar refractivity (Wildman–Crippen MR) is 154 cm³/mol. The molecule has 11 heteroatoms. The van der Waals surface area contributed by atoms with Gasteiger partial charge < -0.3 is 20.5 Å². The number of carbonyl (C=O) groups is 1. The lowest BCUT2D eigenvalue weighted by molar-refractivity contribution is -0.384. The van der Waals surface area contributed by atoms with E-state index in [1.54, 1.807) is 14.2 Å². The maximum absolute atomic E-state index is 13.3. The number of pyridine rings is 1. The lowest BCUT2D eigenvalue weighted by Crippen LogP contribution is -2.12. The average Bonchev–Trinajstić information content (AvgIpc) is 3.29. The Labute approximate surface area is 231 Å². The first kappa shape index (κ1) is 26.0. The number of halogens is 1. The predicted octanol–water partition coefficient (Wildman–Crippen LogP) is 7.04. The van der Waals surface area contributed by atoms with Gasteiger partial charge >= 0.3 is 0 Å². The molecular weight excluding hydrogens is 540 g/mol. The van der Waals surface area contributed by atoms with Crippen LogP contribution in [0.2, 0.25) is 5.02 Å². The van der Waals surface area contributed by atoms with Crippen LogP contribution in [0.3, 0.4) is 0 Å². The Morgan fingerprint density at radius 3 is 2.18 bits per heavy atom. The number of nitrogens with two attached hydrogens (primary N) is 1. The quantitative estimate of drug-likeness (QED) is 0.161. The molecule has 0 fully saturated rings. The number of methoxy groups -OCH3 is 2. The van der Waals surface area contributed by atoms with Crippen molar-refractivity contribution in [3.05, 3.63) is 92.8 Å². The number of nitro benzene ring substituents is 1. The Morgan fingerprint density at radius 2 is 1.59 bits per heavy atom. The van der Waals surface area contributed by atoms with E-state index in [-0.39, 0.29) is 27.0 Å². The zero-order valence-electron chi connectivity index (χ0n) is 20.7. The van der Waals surface area contributed by atoms with Crippen LogP contribution in [0.4, 0.5) is 17.1 Å². The molecule has 0 saturated carbocycles. The van der Waals surface area contributed by atoms with Crippen LogP contribution in [-0.4, -0.2) is 30.0 Å². The molecule has 0 aliphatic carbocycles. The summed E-state index contributed by atoms with van der Waals surface area (Å²) >= 11 is 7.05. The van der Waals surface area contributed by atoms with Crippen molar-refractivity contribution in [1.82, 2.24) is 4.98 Å². The molecule has 0 aliphatic heterocycles. The number of fused-ring (bicyclic) bond motifs is 1. The van der Waals surface area contributed by atoms with E-state index in [9.17, 15) is 14.9 Å². The van der Waals surface area contributed by atoms with Crippen LogP contribution in [0.1, 0.15) is 9.67 Å². The molecule has 5 rings (SSSR count). The molecule has 0 spiro atoms. The third-order valence-electron chi connectivity index (χ3n) is 6.09. The van der Waals surface area contributed by atoms with E-state index < -0.39 is 10.8 Å². The Balaban J connectivity index is 1.62. The minimum atomic E-state index is -0.614. The fourth-order valence-electron chi connectivity index (χ4n) is 4.12. The molecule has 0 unspecified atom stereocenters. The highest BCUT2D eigenvalue weighted by Crippen LogP contribution is 2.42. The largest absolute Gasteiger partial charge is 0.497 e. The smallest absolute Gasteiger partial charge is 0.289 e. The second-order valence-electron chi connectivity index (χ2n) is 8.41. The highest BCUT2D eigenvalue weighted by atomic mass is 35.5. The molecule has 1 amide bonds. The summed E-state index contributed by atoms with van der Waals surface area (Å²) in [4.78, 5) is 29.6. The first-order valence-corrected chi connectivity index (χ1v) is 12.8. The van der Waals surface area contributed by atoms with Gasteiger partial charge in [0, 0.05) is 22.7 Å². The molecule has 39 heavy (non-hydrogen) atoms. The van der Waals surface area contributed by atoms with Gasteiger partial charge in [0.25, 0.3) is 11.6 Å². The molecule has 9 nitrogen and oxygen atoms in total. The monoisotopic (exact) mass is 560 g/mol. The van der Waals surface area contributed by atoms with Crippen LogP contribution in [0.15, 0.2) is 72.8 Å². The Morgan fingerprint density at radius 1 is 0.974 bits per heavy atom. The maximum atomic E-state index is 13.3. The summed E-state index contributed by atoms with van der Waals surface area (Å²) in [7, 11) is 3.20. The van der Waals surface area contributed by atoms with Crippen molar-refractivity contribution in [3.63, 3.8) is 0 Å². The number of nitrogens with zero attached hydrogens (tertiary/aromatic N) is 2. The van der Waals surface area contributed by atoms with Gasteiger partial charge in [0.05, 0.1) is 30.5 Å². The van der Waals surface area contributed by atoms with Crippen molar-refractivity contribution < 1.29 is 19.2 Å². The van der Waals surface area contributed by atoms with Gasteiger partial charge in [-0.3, -0.25) is 14.9 Å². The molecule has 196 valence electrons. The number of hydrogen-bond acceptors (Lipinski definition) is 8. The zero-order valence-corrected chi connectivity index (χ0v) is 22.3. The molecule has 0 bridgehead atoms. The van der Waals surface area contributed by atoms with E-state index in [1.807, 2.05) is 54.6 Å². The molecule has 0 atom stereocenters. The second kappa shape index (κ2) is 10.6. The van der Waals surface area contributed by atoms with E-state index in [4.69, 9.17) is 31.8 Å². The summed E-state index contributed by atoms with van der Waals surface area (Å²) in [6.07, 6.45) is 0. The fourth-order valence-corrected chi connectivity index (χ4v) is 5.32. The number of nitrogens with one attached hydrogen (secondary N) is 1. The number of amides is 1. The third kappa shape index (κ3) is 5.07. The van der Waals surface area contributed by atoms with Crippen LogP contribution in [0, 0.1) is 10.1 Å².